The molecule has 0 atom stereocenters. The number of fused-ring (bicyclic) bond motifs is 1. The molecule has 23 heavy (non-hydrogen) atoms. The monoisotopic (exact) mass is 311 g/mol. The van der Waals surface area contributed by atoms with Crippen molar-refractivity contribution in [2.45, 2.75) is 19.4 Å². The lowest BCUT2D eigenvalue weighted by Gasteiger charge is -2.07. The summed E-state index contributed by atoms with van der Waals surface area (Å²) in [4.78, 5) is 22.8. The minimum Gasteiger partial charge on any atom is -0.493 e. The highest BCUT2D eigenvalue weighted by atomic mass is 16.5. The Morgan fingerprint density at radius 1 is 1.09 bits per heavy atom. The van der Waals surface area contributed by atoms with Crippen LogP contribution in [0.25, 0.3) is 0 Å². The Bertz CT molecular complexity index is 737. The van der Waals surface area contributed by atoms with Gasteiger partial charge < -0.3 is 15.2 Å². The van der Waals surface area contributed by atoms with Gasteiger partial charge in [0.2, 0.25) is 5.91 Å². The van der Waals surface area contributed by atoms with E-state index in [0.717, 1.165) is 28.9 Å². The maximum atomic E-state index is 12.0. The molecule has 5 heteroatoms. The standard InChI is InChI=1S/C18H17NO4/c20-17(10-13-3-6-16-15(9-13)7-8-23-16)19-11-12-1-4-14(5-2-12)18(21)22/h1-6,9H,7-8,10-11H2,(H,19,20)(H,21,22). The number of hydrogen-bond acceptors (Lipinski definition) is 3. The first-order valence-electron chi connectivity index (χ1n) is 7.45. The minimum atomic E-state index is -0.957. The van der Waals surface area contributed by atoms with Gasteiger partial charge in [-0.2, -0.15) is 0 Å². The predicted molar refractivity (Wildman–Crippen MR) is 84.6 cm³/mol. The van der Waals surface area contributed by atoms with Crippen LogP contribution in [0.4, 0.5) is 0 Å². The predicted octanol–water partition coefficient (Wildman–Crippen LogP) is 2.18. The van der Waals surface area contributed by atoms with E-state index in [-0.39, 0.29) is 11.5 Å². The summed E-state index contributed by atoms with van der Waals surface area (Å²) in [6.45, 7) is 1.09. The molecule has 0 radical (unpaired) electrons. The van der Waals surface area contributed by atoms with E-state index in [1.54, 1.807) is 12.1 Å². The van der Waals surface area contributed by atoms with Gasteiger partial charge in [-0.25, -0.2) is 4.79 Å². The van der Waals surface area contributed by atoms with Crippen molar-refractivity contribution < 1.29 is 19.4 Å². The Morgan fingerprint density at radius 2 is 1.83 bits per heavy atom. The zero-order valence-electron chi connectivity index (χ0n) is 12.5. The van der Waals surface area contributed by atoms with E-state index in [1.165, 1.54) is 12.1 Å². The Kier molecular flexibility index (Phi) is 4.28. The topological polar surface area (TPSA) is 75.6 Å². The minimum absolute atomic E-state index is 0.0637. The highest BCUT2D eigenvalue weighted by molar-refractivity contribution is 5.87. The van der Waals surface area contributed by atoms with Crippen molar-refractivity contribution in [3.8, 4) is 5.75 Å². The number of aromatic carboxylic acids is 1. The first-order chi connectivity index (χ1) is 11.1. The van der Waals surface area contributed by atoms with E-state index in [1.807, 2.05) is 18.2 Å². The van der Waals surface area contributed by atoms with Crippen LogP contribution in [0.2, 0.25) is 0 Å². The van der Waals surface area contributed by atoms with Crippen LogP contribution in [-0.2, 0) is 24.2 Å². The smallest absolute Gasteiger partial charge is 0.335 e. The lowest BCUT2D eigenvalue weighted by molar-refractivity contribution is -0.120. The van der Waals surface area contributed by atoms with Crippen LogP contribution >= 0.6 is 0 Å². The zero-order chi connectivity index (χ0) is 16.2. The lowest BCUT2D eigenvalue weighted by Crippen LogP contribution is -2.24. The molecular formula is C18H17NO4. The number of carbonyl (C=O) groups excluding carboxylic acids is 1. The zero-order valence-corrected chi connectivity index (χ0v) is 12.5. The molecule has 2 N–H and O–H groups in total. The SMILES string of the molecule is O=C(Cc1ccc2c(c1)CCO2)NCc1ccc(C(=O)O)cc1. The van der Waals surface area contributed by atoms with Crippen LogP contribution in [0, 0.1) is 0 Å². The number of carbonyl (C=O) groups is 2. The second-order valence-electron chi connectivity index (χ2n) is 5.50. The van der Waals surface area contributed by atoms with Gasteiger partial charge in [0.15, 0.2) is 0 Å². The fraction of sp³-hybridized carbons (Fsp3) is 0.222. The van der Waals surface area contributed by atoms with Crippen LogP contribution in [0.5, 0.6) is 5.75 Å². The van der Waals surface area contributed by atoms with Gasteiger partial charge in [-0.15, -0.1) is 0 Å². The summed E-state index contributed by atoms with van der Waals surface area (Å²) < 4.78 is 5.45. The summed E-state index contributed by atoms with van der Waals surface area (Å²) in [6, 6.07) is 12.3. The lowest BCUT2D eigenvalue weighted by atomic mass is 10.1. The number of carboxylic acid groups (broad SMARTS) is 1. The van der Waals surface area contributed by atoms with Crippen molar-refractivity contribution in [1.29, 1.82) is 0 Å². The van der Waals surface area contributed by atoms with Gasteiger partial charge >= 0.3 is 5.97 Å². The molecule has 1 amide bonds. The highest BCUT2D eigenvalue weighted by Crippen LogP contribution is 2.25. The normalized spacial score (nSPS) is 12.3. The Labute approximate surface area is 133 Å². The summed E-state index contributed by atoms with van der Waals surface area (Å²) in [5.41, 5.74) is 3.22. The van der Waals surface area contributed by atoms with Gasteiger partial charge in [0, 0.05) is 13.0 Å². The van der Waals surface area contributed by atoms with Crippen molar-refractivity contribution in [3.63, 3.8) is 0 Å². The van der Waals surface area contributed by atoms with E-state index in [4.69, 9.17) is 9.84 Å². The average Bonchev–Trinajstić information content (AvgIpc) is 3.01. The molecule has 118 valence electrons. The molecule has 0 unspecified atom stereocenters. The molecule has 1 aliphatic heterocycles. The fourth-order valence-corrected chi connectivity index (χ4v) is 2.56. The Hall–Kier alpha value is -2.82. The van der Waals surface area contributed by atoms with Gasteiger partial charge in [0.1, 0.15) is 5.75 Å². The van der Waals surface area contributed by atoms with Crippen molar-refractivity contribution in [2.24, 2.45) is 0 Å². The number of benzene rings is 2. The molecule has 2 aromatic rings. The molecule has 2 aromatic carbocycles. The van der Waals surface area contributed by atoms with E-state index in [0.29, 0.717) is 19.6 Å². The van der Waals surface area contributed by atoms with Crippen LogP contribution in [0.15, 0.2) is 42.5 Å². The maximum Gasteiger partial charge on any atom is 0.335 e. The first-order valence-corrected chi connectivity index (χ1v) is 7.45. The molecule has 1 aliphatic rings. The van der Waals surface area contributed by atoms with Crippen LogP contribution in [-0.4, -0.2) is 23.6 Å². The van der Waals surface area contributed by atoms with Crippen LogP contribution in [0.3, 0.4) is 0 Å². The third-order valence-corrected chi connectivity index (χ3v) is 3.81. The summed E-state index contributed by atoms with van der Waals surface area (Å²) in [5.74, 6) is -0.111. The van der Waals surface area contributed by atoms with E-state index >= 15 is 0 Å². The molecule has 5 nitrogen and oxygen atoms in total. The Balaban J connectivity index is 1.54. The van der Waals surface area contributed by atoms with Crippen LogP contribution in [0.1, 0.15) is 27.0 Å². The number of ether oxygens (including phenoxy) is 1. The summed E-state index contributed by atoms with van der Waals surface area (Å²) in [7, 11) is 0. The Morgan fingerprint density at radius 3 is 2.57 bits per heavy atom. The number of rotatable bonds is 5. The number of amides is 1. The van der Waals surface area contributed by atoms with Gasteiger partial charge in [0.25, 0.3) is 0 Å². The quantitative estimate of drug-likeness (QED) is 0.887. The van der Waals surface area contributed by atoms with Gasteiger partial charge in [0.05, 0.1) is 18.6 Å². The second kappa shape index (κ2) is 6.52. The number of hydrogen-bond donors (Lipinski definition) is 2. The van der Waals surface area contributed by atoms with Crippen molar-refractivity contribution in [3.05, 3.63) is 64.7 Å². The van der Waals surface area contributed by atoms with E-state index in [9.17, 15) is 9.59 Å². The van der Waals surface area contributed by atoms with Gasteiger partial charge in [-0.05, 0) is 34.9 Å². The highest BCUT2D eigenvalue weighted by Gasteiger charge is 2.13. The largest absolute Gasteiger partial charge is 0.493 e. The molecule has 0 saturated heterocycles. The van der Waals surface area contributed by atoms with Gasteiger partial charge in [-0.3, -0.25) is 4.79 Å². The molecule has 3 rings (SSSR count). The van der Waals surface area contributed by atoms with Crippen molar-refractivity contribution >= 4 is 11.9 Å². The van der Waals surface area contributed by atoms with E-state index in [2.05, 4.69) is 5.32 Å². The summed E-state index contributed by atoms with van der Waals surface area (Å²) in [5, 5.41) is 11.7. The first kappa shape index (κ1) is 15.1. The third kappa shape index (κ3) is 3.69. The van der Waals surface area contributed by atoms with Gasteiger partial charge in [-0.1, -0.05) is 24.3 Å². The number of carboxylic acids is 1. The summed E-state index contributed by atoms with van der Waals surface area (Å²) >= 11 is 0. The number of nitrogens with one attached hydrogen (secondary N) is 1. The van der Waals surface area contributed by atoms with Crippen LogP contribution < -0.4 is 10.1 Å². The molecule has 0 fully saturated rings. The molecule has 0 aromatic heterocycles. The maximum absolute atomic E-state index is 12.0. The molecule has 0 bridgehead atoms. The van der Waals surface area contributed by atoms with Crippen molar-refractivity contribution in [2.75, 3.05) is 6.61 Å². The molecule has 1 heterocycles. The molecule has 0 saturated carbocycles. The second-order valence-corrected chi connectivity index (χ2v) is 5.50. The third-order valence-electron chi connectivity index (χ3n) is 3.81. The van der Waals surface area contributed by atoms with Crippen molar-refractivity contribution in [1.82, 2.24) is 5.32 Å². The molecule has 0 aliphatic carbocycles. The summed E-state index contributed by atoms with van der Waals surface area (Å²) in [6.07, 6.45) is 1.21. The molecular weight excluding hydrogens is 294 g/mol. The average molecular weight is 311 g/mol. The van der Waals surface area contributed by atoms with E-state index < -0.39 is 5.97 Å². The fourth-order valence-electron chi connectivity index (χ4n) is 2.56. The molecule has 0 spiro atoms.